The van der Waals surface area contributed by atoms with E-state index in [1.165, 1.54) is 0 Å². The fraction of sp³-hybridized carbons (Fsp3) is 0.800. The van der Waals surface area contributed by atoms with Crippen LogP contribution in [0.5, 0.6) is 0 Å². The lowest BCUT2D eigenvalue weighted by Gasteiger charge is -2.17. The van der Waals surface area contributed by atoms with Gasteiger partial charge in [0.15, 0.2) is 5.82 Å². The average molecular weight is 249 g/mol. The standard InChI is InChI=1S/C10H17F2N3O2/c1-10(2,3)14-9-13-8(15-17-9)4-5-16-6-7(11)12/h7H,4-6H2,1-3H3,(H,13,14,15). The molecule has 98 valence electrons. The Morgan fingerprint density at radius 3 is 2.71 bits per heavy atom. The molecule has 0 aliphatic carbocycles. The van der Waals surface area contributed by atoms with Crippen LogP contribution in [0.2, 0.25) is 0 Å². The Morgan fingerprint density at radius 1 is 1.41 bits per heavy atom. The number of ether oxygens (including phenoxy) is 1. The molecule has 1 N–H and O–H groups in total. The Balaban J connectivity index is 2.31. The Hall–Kier alpha value is -1.24. The molecule has 0 unspecified atom stereocenters. The largest absolute Gasteiger partial charge is 0.375 e. The Labute approximate surface area is 98.5 Å². The molecule has 0 saturated carbocycles. The Morgan fingerprint density at radius 2 is 2.12 bits per heavy atom. The highest BCUT2D eigenvalue weighted by Gasteiger charge is 2.14. The number of nitrogens with one attached hydrogen (secondary N) is 1. The van der Waals surface area contributed by atoms with Gasteiger partial charge in [-0.25, -0.2) is 8.78 Å². The van der Waals surface area contributed by atoms with Gasteiger partial charge in [0, 0.05) is 12.0 Å². The maximum absolute atomic E-state index is 11.8. The summed E-state index contributed by atoms with van der Waals surface area (Å²) in [6.07, 6.45) is -2.10. The molecule has 1 aromatic heterocycles. The van der Waals surface area contributed by atoms with E-state index in [1.54, 1.807) is 0 Å². The number of nitrogens with zero attached hydrogens (tertiary/aromatic N) is 2. The fourth-order valence-corrected chi connectivity index (χ4v) is 1.06. The number of hydrogen-bond acceptors (Lipinski definition) is 5. The van der Waals surface area contributed by atoms with Gasteiger partial charge < -0.3 is 14.6 Å². The summed E-state index contributed by atoms with van der Waals surface area (Å²) in [5.74, 6) is 0.436. The molecule has 1 heterocycles. The zero-order chi connectivity index (χ0) is 12.9. The molecule has 0 spiro atoms. The molecule has 0 fully saturated rings. The van der Waals surface area contributed by atoms with Gasteiger partial charge in [-0.1, -0.05) is 5.16 Å². The van der Waals surface area contributed by atoms with Crippen LogP contribution >= 0.6 is 0 Å². The first-order valence-corrected chi connectivity index (χ1v) is 5.33. The van der Waals surface area contributed by atoms with Crippen LogP contribution in [0.15, 0.2) is 4.52 Å². The number of aromatic nitrogens is 2. The summed E-state index contributed by atoms with van der Waals surface area (Å²) >= 11 is 0. The molecule has 7 heteroatoms. The molecule has 5 nitrogen and oxygen atoms in total. The quantitative estimate of drug-likeness (QED) is 0.782. The monoisotopic (exact) mass is 249 g/mol. The minimum atomic E-state index is -2.45. The first kappa shape index (κ1) is 13.8. The fourth-order valence-electron chi connectivity index (χ4n) is 1.06. The van der Waals surface area contributed by atoms with Crippen molar-refractivity contribution in [3.63, 3.8) is 0 Å². The molecule has 0 bridgehead atoms. The SMILES string of the molecule is CC(C)(C)Nc1nc(CCOCC(F)F)no1. The highest BCUT2D eigenvalue weighted by atomic mass is 19.3. The van der Waals surface area contributed by atoms with Gasteiger partial charge >= 0.3 is 6.01 Å². The minimum absolute atomic E-state index is 0.152. The van der Waals surface area contributed by atoms with E-state index in [0.29, 0.717) is 18.3 Å². The highest BCUT2D eigenvalue weighted by Crippen LogP contribution is 2.11. The highest BCUT2D eigenvalue weighted by molar-refractivity contribution is 5.22. The van der Waals surface area contributed by atoms with Gasteiger partial charge in [-0.2, -0.15) is 4.98 Å². The molecule has 0 atom stereocenters. The molecule has 0 amide bonds. The van der Waals surface area contributed by atoms with E-state index in [0.717, 1.165) is 0 Å². The molecule has 0 aliphatic rings. The zero-order valence-corrected chi connectivity index (χ0v) is 10.2. The van der Waals surface area contributed by atoms with Crippen LogP contribution in [0, 0.1) is 0 Å². The van der Waals surface area contributed by atoms with Crippen LogP contribution in [0.3, 0.4) is 0 Å². The molecule has 1 aromatic rings. The van der Waals surface area contributed by atoms with Crippen LogP contribution in [0.25, 0.3) is 0 Å². The van der Waals surface area contributed by atoms with Crippen LogP contribution in [-0.2, 0) is 11.2 Å². The lowest BCUT2D eigenvalue weighted by molar-refractivity contribution is 0.0182. The van der Waals surface area contributed by atoms with Crippen LogP contribution < -0.4 is 5.32 Å². The van der Waals surface area contributed by atoms with E-state index < -0.39 is 13.0 Å². The summed E-state index contributed by atoms with van der Waals surface area (Å²) in [5, 5.41) is 6.71. The third kappa shape index (κ3) is 6.15. The van der Waals surface area contributed by atoms with Crippen LogP contribution in [0.4, 0.5) is 14.8 Å². The van der Waals surface area contributed by atoms with Crippen molar-refractivity contribution in [3.8, 4) is 0 Å². The predicted octanol–water partition coefficient (Wildman–Crippen LogP) is 2.10. The second-order valence-corrected chi connectivity index (χ2v) is 4.61. The van der Waals surface area contributed by atoms with E-state index in [1.807, 2.05) is 20.8 Å². The van der Waals surface area contributed by atoms with Gasteiger partial charge in [0.05, 0.1) is 6.61 Å². The maximum Gasteiger partial charge on any atom is 0.321 e. The summed E-state index contributed by atoms with van der Waals surface area (Å²) in [7, 11) is 0. The van der Waals surface area contributed by atoms with E-state index in [4.69, 9.17) is 9.26 Å². The topological polar surface area (TPSA) is 60.2 Å². The number of halogens is 2. The number of alkyl halides is 2. The van der Waals surface area contributed by atoms with Crippen molar-refractivity contribution in [2.75, 3.05) is 18.5 Å². The van der Waals surface area contributed by atoms with Gasteiger partial charge in [0.25, 0.3) is 6.43 Å². The molecule has 1 rings (SSSR count). The molecule has 0 aliphatic heterocycles. The molecule has 0 radical (unpaired) electrons. The number of anilines is 1. The summed E-state index contributed by atoms with van der Waals surface area (Å²) < 4.78 is 33.2. The number of hydrogen-bond donors (Lipinski definition) is 1. The van der Waals surface area contributed by atoms with Gasteiger partial charge in [-0.15, -0.1) is 0 Å². The predicted molar refractivity (Wildman–Crippen MR) is 58.2 cm³/mol. The Kier molecular flexibility index (Phi) is 4.80. The smallest absolute Gasteiger partial charge is 0.321 e. The second-order valence-electron chi connectivity index (χ2n) is 4.61. The molecule has 0 aromatic carbocycles. The Bertz CT molecular complexity index is 337. The van der Waals surface area contributed by atoms with E-state index >= 15 is 0 Å². The van der Waals surface area contributed by atoms with E-state index in [2.05, 4.69) is 15.5 Å². The molecule has 17 heavy (non-hydrogen) atoms. The van der Waals surface area contributed by atoms with E-state index in [9.17, 15) is 8.78 Å². The minimum Gasteiger partial charge on any atom is -0.375 e. The third-order valence-corrected chi connectivity index (χ3v) is 1.66. The van der Waals surface area contributed by atoms with Crippen LogP contribution in [0.1, 0.15) is 26.6 Å². The van der Waals surface area contributed by atoms with Crippen molar-refractivity contribution in [2.24, 2.45) is 0 Å². The maximum atomic E-state index is 11.8. The van der Waals surface area contributed by atoms with Crippen molar-refractivity contribution in [1.82, 2.24) is 10.1 Å². The average Bonchev–Trinajstić information content (AvgIpc) is 2.57. The first-order valence-electron chi connectivity index (χ1n) is 5.33. The normalized spacial score (nSPS) is 12.1. The van der Waals surface area contributed by atoms with Gasteiger partial charge in [-0.05, 0) is 20.8 Å². The van der Waals surface area contributed by atoms with Crippen molar-refractivity contribution < 1.29 is 18.0 Å². The van der Waals surface area contributed by atoms with Crippen molar-refractivity contribution in [1.29, 1.82) is 0 Å². The lowest BCUT2D eigenvalue weighted by atomic mass is 10.1. The zero-order valence-electron chi connectivity index (χ0n) is 10.2. The summed E-state index contributed by atoms with van der Waals surface area (Å²) in [5.41, 5.74) is -0.171. The van der Waals surface area contributed by atoms with E-state index in [-0.39, 0.29) is 12.1 Å². The lowest BCUT2D eigenvalue weighted by Crippen LogP contribution is -2.26. The first-order chi connectivity index (χ1) is 7.87. The van der Waals surface area contributed by atoms with Crippen molar-refractivity contribution in [2.45, 2.75) is 39.2 Å². The summed E-state index contributed by atoms with van der Waals surface area (Å²) in [6.45, 7) is 5.47. The van der Waals surface area contributed by atoms with Crippen molar-refractivity contribution in [3.05, 3.63) is 5.82 Å². The third-order valence-electron chi connectivity index (χ3n) is 1.66. The van der Waals surface area contributed by atoms with Gasteiger partial charge in [0.2, 0.25) is 0 Å². The summed E-state index contributed by atoms with van der Waals surface area (Å²) in [6, 6.07) is 0.321. The molecule has 0 saturated heterocycles. The molecular formula is C10H17F2N3O2. The molecular weight excluding hydrogens is 232 g/mol. The van der Waals surface area contributed by atoms with Gasteiger partial charge in [0.1, 0.15) is 6.61 Å². The second kappa shape index (κ2) is 5.90. The summed E-state index contributed by atoms with van der Waals surface area (Å²) in [4.78, 5) is 4.06. The van der Waals surface area contributed by atoms with Crippen molar-refractivity contribution >= 4 is 6.01 Å². The van der Waals surface area contributed by atoms with Gasteiger partial charge in [-0.3, -0.25) is 0 Å². The number of rotatable bonds is 6. The van der Waals surface area contributed by atoms with Crippen LogP contribution in [-0.4, -0.2) is 35.3 Å².